The van der Waals surface area contributed by atoms with E-state index in [0.717, 1.165) is 68.6 Å². The second kappa shape index (κ2) is 9.48. The van der Waals surface area contributed by atoms with Crippen LogP contribution in [0.1, 0.15) is 18.4 Å². The summed E-state index contributed by atoms with van der Waals surface area (Å²) in [6.45, 7) is 8.57. The number of H-pyrrole nitrogens is 1. The molecule has 4 aromatic rings. The van der Waals surface area contributed by atoms with Gasteiger partial charge in [0.05, 0.1) is 5.69 Å². The quantitative estimate of drug-likeness (QED) is 0.321. The maximum Gasteiger partial charge on any atom is 0.308 e. The number of hydrogen-bond donors (Lipinski definition) is 1. The zero-order valence-corrected chi connectivity index (χ0v) is 20.5. The normalized spacial score (nSPS) is 17.2. The van der Waals surface area contributed by atoms with Crippen LogP contribution in [0, 0.1) is 11.5 Å². The highest BCUT2D eigenvalue weighted by molar-refractivity contribution is 5.93. The van der Waals surface area contributed by atoms with E-state index in [-0.39, 0.29) is 5.91 Å². The number of amides is 1. The zero-order chi connectivity index (χ0) is 25.4. The Morgan fingerprint density at radius 2 is 1.78 bits per heavy atom. The molecule has 0 aliphatic carbocycles. The van der Waals surface area contributed by atoms with Gasteiger partial charge in [-0.3, -0.25) is 4.79 Å². The summed E-state index contributed by atoms with van der Waals surface area (Å²) in [4.78, 5) is 35.6. The van der Waals surface area contributed by atoms with Gasteiger partial charge in [-0.2, -0.15) is 4.39 Å². The van der Waals surface area contributed by atoms with Gasteiger partial charge in [0.25, 0.3) is 0 Å². The third-order valence-electron chi connectivity index (χ3n) is 7.76. The molecule has 0 unspecified atom stereocenters. The monoisotopic (exact) mass is 497 g/mol. The highest BCUT2D eigenvalue weighted by Crippen LogP contribution is 2.40. The van der Waals surface area contributed by atoms with Crippen LogP contribution in [-0.2, 0) is 11.2 Å². The molecule has 1 spiro atoms. The summed E-state index contributed by atoms with van der Waals surface area (Å²) >= 11 is 0. The first-order valence-electron chi connectivity index (χ1n) is 12.6. The number of fused-ring (bicyclic) bond motifs is 1. The van der Waals surface area contributed by atoms with Gasteiger partial charge in [0.15, 0.2) is 0 Å². The smallest absolute Gasteiger partial charge is 0.308 e. The Hall–Kier alpha value is -3.98. The van der Waals surface area contributed by atoms with Crippen molar-refractivity contribution in [1.82, 2.24) is 34.7 Å². The lowest BCUT2D eigenvalue weighted by molar-refractivity contribution is -0.141. The number of nitrogens with zero attached hydrogens (tertiary/aromatic N) is 6. The molecule has 37 heavy (non-hydrogen) atoms. The third-order valence-corrected chi connectivity index (χ3v) is 7.76. The van der Waals surface area contributed by atoms with Crippen LogP contribution in [-0.4, -0.2) is 73.4 Å². The average Bonchev–Trinajstić information content (AvgIpc) is 3.36. The molecule has 1 N–H and O–H groups in total. The number of hydrogen-bond acceptors (Lipinski definition) is 6. The number of likely N-dealkylation sites (tertiary alicyclic amines) is 2. The SMILES string of the molecule is C=CC(=O)N1CC2(CCN(CCc3ccc(-c4cc5c(-c6cnc(F)nc6)ncnc5[nH]4)cc3)CC2)C1. The van der Waals surface area contributed by atoms with Crippen LogP contribution in [0.3, 0.4) is 0 Å². The molecular weight excluding hydrogens is 469 g/mol. The topological polar surface area (TPSA) is 90.9 Å². The molecule has 2 saturated heterocycles. The summed E-state index contributed by atoms with van der Waals surface area (Å²) in [5.74, 6) is 0.0554. The zero-order valence-electron chi connectivity index (χ0n) is 20.5. The van der Waals surface area contributed by atoms with Crippen LogP contribution in [0.15, 0.2) is 61.7 Å². The molecule has 5 heterocycles. The number of halogens is 1. The predicted octanol–water partition coefficient (Wildman–Crippen LogP) is 3.87. The van der Waals surface area contributed by atoms with Crippen molar-refractivity contribution < 1.29 is 9.18 Å². The molecule has 0 radical (unpaired) electrons. The van der Waals surface area contributed by atoms with Gasteiger partial charge in [-0.15, -0.1) is 0 Å². The van der Waals surface area contributed by atoms with E-state index < -0.39 is 6.08 Å². The maximum atomic E-state index is 13.2. The summed E-state index contributed by atoms with van der Waals surface area (Å²) < 4.78 is 13.2. The van der Waals surface area contributed by atoms with Crippen LogP contribution < -0.4 is 0 Å². The molecule has 3 aromatic heterocycles. The lowest BCUT2D eigenvalue weighted by Gasteiger charge is -2.53. The lowest BCUT2D eigenvalue weighted by Crippen LogP contribution is -2.61. The Balaban J connectivity index is 1.07. The number of piperidine rings is 1. The Labute approximate surface area is 214 Å². The van der Waals surface area contributed by atoms with Crippen LogP contribution >= 0.6 is 0 Å². The third kappa shape index (κ3) is 4.62. The van der Waals surface area contributed by atoms with Crippen LogP contribution in [0.5, 0.6) is 0 Å². The van der Waals surface area contributed by atoms with Crippen LogP contribution in [0.2, 0.25) is 0 Å². The molecule has 0 atom stereocenters. The first-order chi connectivity index (χ1) is 18.0. The summed E-state index contributed by atoms with van der Waals surface area (Å²) in [5.41, 5.74) is 5.64. The average molecular weight is 498 g/mol. The maximum absolute atomic E-state index is 13.2. The molecule has 2 aliphatic rings. The van der Waals surface area contributed by atoms with E-state index in [4.69, 9.17) is 0 Å². The number of rotatable bonds is 6. The van der Waals surface area contributed by atoms with Crippen molar-refractivity contribution in [2.45, 2.75) is 19.3 Å². The largest absolute Gasteiger partial charge is 0.339 e. The van der Waals surface area contributed by atoms with Gasteiger partial charge in [-0.1, -0.05) is 30.8 Å². The van der Waals surface area contributed by atoms with Gasteiger partial charge >= 0.3 is 6.08 Å². The van der Waals surface area contributed by atoms with Crippen molar-refractivity contribution >= 4 is 16.9 Å². The van der Waals surface area contributed by atoms with E-state index in [0.29, 0.717) is 22.3 Å². The molecular formula is C28H28FN7O. The second-order valence-corrected chi connectivity index (χ2v) is 10.1. The van der Waals surface area contributed by atoms with Gasteiger partial charge in [-0.05, 0) is 55.6 Å². The first kappa shape index (κ1) is 23.4. The molecule has 9 heteroatoms. The van der Waals surface area contributed by atoms with Crippen molar-refractivity contribution in [1.29, 1.82) is 0 Å². The second-order valence-electron chi connectivity index (χ2n) is 10.1. The summed E-state index contributed by atoms with van der Waals surface area (Å²) in [5, 5.41) is 0.836. The number of carbonyl (C=O) groups excluding carboxylic acids is 1. The van der Waals surface area contributed by atoms with E-state index in [1.54, 1.807) is 0 Å². The highest BCUT2D eigenvalue weighted by Gasteiger charge is 2.45. The number of carbonyl (C=O) groups is 1. The minimum Gasteiger partial charge on any atom is -0.339 e. The molecule has 188 valence electrons. The Morgan fingerprint density at radius 1 is 1.05 bits per heavy atom. The molecule has 1 amide bonds. The summed E-state index contributed by atoms with van der Waals surface area (Å²) in [6.07, 6.45) is 8.30. The number of aromatic amines is 1. The minimum atomic E-state index is -0.764. The van der Waals surface area contributed by atoms with Gasteiger partial charge in [-0.25, -0.2) is 19.9 Å². The van der Waals surface area contributed by atoms with E-state index >= 15 is 0 Å². The van der Waals surface area contributed by atoms with Gasteiger partial charge < -0.3 is 14.8 Å². The van der Waals surface area contributed by atoms with Crippen molar-refractivity contribution in [3.8, 4) is 22.5 Å². The minimum absolute atomic E-state index is 0.0554. The lowest BCUT2D eigenvalue weighted by atomic mass is 9.72. The van der Waals surface area contributed by atoms with E-state index in [1.807, 2.05) is 11.0 Å². The first-order valence-corrected chi connectivity index (χ1v) is 12.6. The van der Waals surface area contributed by atoms with E-state index in [1.165, 1.54) is 30.4 Å². The standard InChI is InChI=1S/C28H28FN7O/c1-2-24(37)36-16-28(17-36)8-11-35(12-9-28)10-7-19-3-5-20(6-4-19)23-13-22-25(32-18-33-26(22)34-23)21-14-30-27(29)31-15-21/h2-6,13-15,18H,1,7-12,16-17H2,(H,32,33,34). The molecule has 1 aromatic carbocycles. The van der Waals surface area contributed by atoms with Crippen molar-refractivity contribution in [2.24, 2.45) is 5.41 Å². The summed E-state index contributed by atoms with van der Waals surface area (Å²) in [6, 6.07) is 10.6. The van der Waals surface area contributed by atoms with Crippen molar-refractivity contribution in [3.05, 3.63) is 73.3 Å². The highest BCUT2D eigenvalue weighted by atomic mass is 19.1. The molecule has 6 rings (SSSR count). The molecule has 2 fully saturated rings. The predicted molar refractivity (Wildman–Crippen MR) is 139 cm³/mol. The fourth-order valence-electron chi connectivity index (χ4n) is 5.51. The molecule has 0 bridgehead atoms. The van der Waals surface area contributed by atoms with Gasteiger partial charge in [0, 0.05) is 54.1 Å². The van der Waals surface area contributed by atoms with Crippen molar-refractivity contribution in [3.63, 3.8) is 0 Å². The number of benzene rings is 1. The fourth-order valence-corrected chi connectivity index (χ4v) is 5.51. The van der Waals surface area contributed by atoms with Crippen LogP contribution in [0.25, 0.3) is 33.5 Å². The van der Waals surface area contributed by atoms with Crippen LogP contribution in [0.4, 0.5) is 4.39 Å². The number of nitrogens with one attached hydrogen (secondary N) is 1. The Kier molecular flexibility index (Phi) is 6.00. The van der Waals surface area contributed by atoms with Crippen molar-refractivity contribution in [2.75, 3.05) is 32.7 Å². The Bertz CT molecular complexity index is 1430. The molecule has 2 aliphatic heterocycles. The van der Waals surface area contributed by atoms with Gasteiger partial charge in [0.1, 0.15) is 12.0 Å². The fraction of sp³-hybridized carbons (Fsp3) is 0.321. The van der Waals surface area contributed by atoms with E-state index in [9.17, 15) is 9.18 Å². The molecule has 0 saturated carbocycles. The van der Waals surface area contributed by atoms with Gasteiger partial charge in [0.2, 0.25) is 5.91 Å². The number of aromatic nitrogens is 5. The summed E-state index contributed by atoms with van der Waals surface area (Å²) in [7, 11) is 0. The Morgan fingerprint density at radius 3 is 2.49 bits per heavy atom. The molecule has 8 nitrogen and oxygen atoms in total. The van der Waals surface area contributed by atoms with E-state index in [2.05, 4.69) is 60.7 Å².